The van der Waals surface area contributed by atoms with Gasteiger partial charge in [-0.1, -0.05) is 23.7 Å². The van der Waals surface area contributed by atoms with Crippen molar-refractivity contribution >= 4 is 58.9 Å². The second-order valence-corrected chi connectivity index (χ2v) is 7.45. The van der Waals surface area contributed by atoms with Crippen molar-refractivity contribution in [3.8, 4) is 0 Å². The average Bonchev–Trinajstić information content (AvgIpc) is 3.16. The number of anilines is 2. The smallest absolute Gasteiger partial charge is 0.227 e. The molecule has 1 aliphatic rings. The summed E-state index contributed by atoms with van der Waals surface area (Å²) in [5.41, 5.74) is 2.00. The van der Waals surface area contributed by atoms with Crippen LogP contribution in [0, 0.1) is 6.92 Å². The molecule has 30 heavy (non-hydrogen) atoms. The summed E-state index contributed by atoms with van der Waals surface area (Å²) in [7, 11) is 1.73. The minimum absolute atomic E-state index is 0. The van der Waals surface area contributed by atoms with Crippen LogP contribution in [0.25, 0.3) is 0 Å². The number of pyridine rings is 1. The molecule has 1 amide bonds. The van der Waals surface area contributed by atoms with E-state index in [9.17, 15) is 4.79 Å². The number of halogens is 2. The predicted octanol–water partition coefficient (Wildman–Crippen LogP) is 3.43. The Morgan fingerprint density at radius 3 is 2.83 bits per heavy atom. The molecule has 3 rings (SSSR count). The van der Waals surface area contributed by atoms with Gasteiger partial charge in [0.25, 0.3) is 0 Å². The van der Waals surface area contributed by atoms with Crippen molar-refractivity contribution < 1.29 is 4.79 Å². The number of rotatable bonds is 6. The van der Waals surface area contributed by atoms with E-state index in [1.165, 1.54) is 0 Å². The molecule has 1 aromatic carbocycles. The first-order chi connectivity index (χ1) is 14.0. The Morgan fingerprint density at radius 2 is 2.10 bits per heavy atom. The van der Waals surface area contributed by atoms with E-state index in [0.717, 1.165) is 35.9 Å². The second kappa shape index (κ2) is 11.9. The van der Waals surface area contributed by atoms with Crippen LogP contribution in [0.5, 0.6) is 0 Å². The van der Waals surface area contributed by atoms with Crippen LogP contribution < -0.4 is 20.9 Å². The molecule has 9 heteroatoms. The van der Waals surface area contributed by atoms with E-state index in [4.69, 9.17) is 11.6 Å². The van der Waals surface area contributed by atoms with Crippen LogP contribution in [0.15, 0.2) is 47.5 Å². The zero-order chi connectivity index (χ0) is 20.6. The third kappa shape index (κ3) is 7.32. The van der Waals surface area contributed by atoms with Crippen LogP contribution in [0.1, 0.15) is 18.5 Å². The van der Waals surface area contributed by atoms with E-state index in [1.54, 1.807) is 13.1 Å². The van der Waals surface area contributed by atoms with E-state index < -0.39 is 0 Å². The lowest BCUT2D eigenvalue weighted by Gasteiger charge is -2.20. The van der Waals surface area contributed by atoms with Gasteiger partial charge in [0.1, 0.15) is 5.82 Å². The van der Waals surface area contributed by atoms with Crippen molar-refractivity contribution in [1.82, 2.24) is 15.6 Å². The number of nitrogens with one attached hydrogen (secondary N) is 3. The Bertz CT molecular complexity index is 878. The summed E-state index contributed by atoms with van der Waals surface area (Å²) < 4.78 is 0. The van der Waals surface area contributed by atoms with Crippen molar-refractivity contribution in [3.63, 3.8) is 0 Å². The van der Waals surface area contributed by atoms with Gasteiger partial charge in [0.05, 0.1) is 0 Å². The summed E-state index contributed by atoms with van der Waals surface area (Å²) in [6, 6.07) is 13.7. The Labute approximate surface area is 199 Å². The molecule has 1 aliphatic heterocycles. The summed E-state index contributed by atoms with van der Waals surface area (Å²) in [6.07, 6.45) is 1.34. The van der Waals surface area contributed by atoms with Crippen LogP contribution in [0.4, 0.5) is 11.5 Å². The number of amides is 1. The molecule has 0 radical (unpaired) electrons. The minimum Gasteiger partial charge on any atom is -0.369 e. The summed E-state index contributed by atoms with van der Waals surface area (Å²) in [6.45, 7) is 4.22. The molecule has 7 nitrogen and oxygen atoms in total. The molecule has 162 valence electrons. The highest BCUT2D eigenvalue weighted by atomic mass is 127. The summed E-state index contributed by atoms with van der Waals surface area (Å²) in [5.74, 6) is 1.19. The zero-order valence-electron chi connectivity index (χ0n) is 17.2. The molecule has 1 saturated heterocycles. The van der Waals surface area contributed by atoms with E-state index >= 15 is 0 Å². The van der Waals surface area contributed by atoms with Gasteiger partial charge in [0.15, 0.2) is 5.96 Å². The summed E-state index contributed by atoms with van der Waals surface area (Å²) in [4.78, 5) is 22.9. The maximum absolute atomic E-state index is 12.1. The van der Waals surface area contributed by atoms with Crippen molar-refractivity contribution in [2.75, 3.05) is 36.9 Å². The average molecular weight is 543 g/mol. The van der Waals surface area contributed by atoms with Gasteiger partial charge in [0, 0.05) is 55.5 Å². The number of guanidine groups is 1. The monoisotopic (exact) mass is 542 g/mol. The highest BCUT2D eigenvalue weighted by Gasteiger charge is 2.23. The number of carbonyl (C=O) groups excluding carboxylic acids is 1. The molecular weight excluding hydrogens is 515 g/mol. The quantitative estimate of drug-likeness (QED) is 0.296. The van der Waals surface area contributed by atoms with Crippen molar-refractivity contribution in [2.24, 2.45) is 4.99 Å². The number of aryl methyl sites for hydroxylation is 1. The van der Waals surface area contributed by atoms with Crippen LogP contribution >= 0.6 is 35.6 Å². The molecular formula is C21H28ClIN6O. The molecule has 2 aromatic rings. The Morgan fingerprint density at radius 1 is 1.30 bits per heavy atom. The number of hydrogen-bond donors (Lipinski definition) is 3. The van der Waals surface area contributed by atoms with E-state index in [-0.39, 0.29) is 35.9 Å². The van der Waals surface area contributed by atoms with Crippen molar-refractivity contribution in [3.05, 3.63) is 53.2 Å². The summed E-state index contributed by atoms with van der Waals surface area (Å²) in [5, 5.41) is 10.2. The molecule has 1 fully saturated rings. The van der Waals surface area contributed by atoms with Crippen LogP contribution in [0.3, 0.4) is 0 Å². The van der Waals surface area contributed by atoms with E-state index in [1.807, 2.05) is 37.3 Å². The number of aromatic nitrogens is 1. The first-order valence-corrected chi connectivity index (χ1v) is 10.1. The first kappa shape index (κ1) is 24.2. The number of carbonyl (C=O) groups is 1. The fourth-order valence-corrected chi connectivity index (χ4v) is 3.47. The fraction of sp³-hybridized carbons (Fsp3) is 0.381. The van der Waals surface area contributed by atoms with Gasteiger partial charge in [-0.25, -0.2) is 4.98 Å². The van der Waals surface area contributed by atoms with Crippen LogP contribution in [-0.4, -0.2) is 49.6 Å². The van der Waals surface area contributed by atoms with Gasteiger partial charge in [-0.05, 0) is 43.7 Å². The predicted molar refractivity (Wildman–Crippen MR) is 134 cm³/mol. The minimum atomic E-state index is -0.0842. The normalized spacial score (nSPS) is 16.0. The van der Waals surface area contributed by atoms with Gasteiger partial charge >= 0.3 is 0 Å². The molecule has 0 saturated carbocycles. The lowest BCUT2D eigenvalue weighted by Crippen LogP contribution is -2.45. The fourth-order valence-electron chi connectivity index (χ4n) is 3.29. The third-order valence-corrected chi connectivity index (χ3v) is 4.96. The molecule has 1 aromatic heterocycles. The number of nitrogens with zero attached hydrogens (tertiary/aromatic N) is 3. The molecule has 1 unspecified atom stereocenters. The van der Waals surface area contributed by atoms with Crippen LogP contribution in [0.2, 0.25) is 5.02 Å². The van der Waals surface area contributed by atoms with Gasteiger partial charge in [-0.3, -0.25) is 9.79 Å². The maximum Gasteiger partial charge on any atom is 0.227 e. The Balaban J connectivity index is 0.00000320. The van der Waals surface area contributed by atoms with Crippen molar-refractivity contribution in [2.45, 2.75) is 25.8 Å². The molecule has 0 spiro atoms. The highest BCUT2D eigenvalue weighted by Crippen LogP contribution is 2.23. The number of benzene rings is 1. The number of aliphatic imine (C=N–C) groups is 1. The molecule has 3 N–H and O–H groups in total. The molecule has 0 aliphatic carbocycles. The maximum atomic E-state index is 12.1. The third-order valence-electron chi connectivity index (χ3n) is 4.73. The standard InChI is InChI=1S/C21H27ClN6O.HI/c1-15-5-3-8-19(25-15)27-20(29)9-11-24-21(23-2)26-17-10-12-28(14-17)18-7-4-6-16(22)13-18;/h3-8,13,17H,9-12,14H2,1-2H3,(H2,23,24,26)(H,25,27,29);1H. The van der Waals surface area contributed by atoms with Gasteiger partial charge in [-0.2, -0.15) is 0 Å². The van der Waals surface area contributed by atoms with Gasteiger partial charge < -0.3 is 20.9 Å². The highest BCUT2D eigenvalue weighted by molar-refractivity contribution is 14.0. The zero-order valence-corrected chi connectivity index (χ0v) is 20.3. The second-order valence-electron chi connectivity index (χ2n) is 7.02. The lowest BCUT2D eigenvalue weighted by atomic mass is 10.2. The largest absolute Gasteiger partial charge is 0.369 e. The topological polar surface area (TPSA) is 81.6 Å². The Kier molecular flexibility index (Phi) is 9.64. The Hall–Kier alpha value is -2.07. The van der Waals surface area contributed by atoms with Crippen molar-refractivity contribution in [1.29, 1.82) is 0 Å². The molecule has 1 atom stereocenters. The van der Waals surface area contributed by atoms with Gasteiger partial charge in [-0.15, -0.1) is 24.0 Å². The lowest BCUT2D eigenvalue weighted by molar-refractivity contribution is -0.116. The molecule has 0 bridgehead atoms. The van der Waals surface area contributed by atoms with E-state index in [2.05, 4.69) is 36.9 Å². The van der Waals surface area contributed by atoms with Gasteiger partial charge in [0.2, 0.25) is 5.91 Å². The van der Waals surface area contributed by atoms with Crippen LogP contribution in [-0.2, 0) is 4.79 Å². The summed E-state index contributed by atoms with van der Waals surface area (Å²) >= 11 is 6.10. The molecule has 2 heterocycles. The SMILES string of the molecule is CN=C(NCCC(=O)Nc1cccc(C)n1)NC1CCN(c2cccc(Cl)c2)C1.I. The first-order valence-electron chi connectivity index (χ1n) is 9.74. The van der Waals surface area contributed by atoms with E-state index in [0.29, 0.717) is 24.7 Å². The number of hydrogen-bond acceptors (Lipinski definition) is 4.